The van der Waals surface area contributed by atoms with Crippen molar-refractivity contribution in [3.05, 3.63) is 80.1 Å². The lowest BCUT2D eigenvalue weighted by molar-refractivity contribution is 0.312. The Hall–Kier alpha value is -3.40. The number of nitrogens with one attached hydrogen (secondary N) is 1. The van der Waals surface area contributed by atoms with E-state index in [2.05, 4.69) is 45.1 Å². The van der Waals surface area contributed by atoms with Crippen molar-refractivity contribution in [2.75, 3.05) is 43.4 Å². The van der Waals surface area contributed by atoms with Gasteiger partial charge in [0.05, 0.1) is 10.7 Å². The van der Waals surface area contributed by atoms with E-state index in [4.69, 9.17) is 23.2 Å². The fourth-order valence-corrected chi connectivity index (χ4v) is 4.86. The fourth-order valence-electron chi connectivity index (χ4n) is 4.43. The molecule has 1 fully saturated rings. The van der Waals surface area contributed by atoms with Gasteiger partial charge in [-0.05, 0) is 49.9 Å². The number of halogens is 2. The first-order valence-corrected chi connectivity index (χ1v) is 12.4. The van der Waals surface area contributed by atoms with Crippen LogP contribution in [0.25, 0.3) is 16.7 Å². The molecule has 0 amide bonds. The highest BCUT2D eigenvalue weighted by molar-refractivity contribution is 6.32. The molecule has 11 heteroatoms. The molecule has 0 radical (unpaired) electrons. The molecule has 36 heavy (non-hydrogen) atoms. The highest BCUT2D eigenvalue weighted by atomic mass is 35.5. The van der Waals surface area contributed by atoms with E-state index in [1.165, 1.54) is 16.5 Å². The molecule has 9 nitrogen and oxygen atoms in total. The van der Waals surface area contributed by atoms with Gasteiger partial charge in [0.15, 0.2) is 5.65 Å². The Labute approximate surface area is 217 Å². The van der Waals surface area contributed by atoms with Crippen LogP contribution in [0.4, 0.5) is 17.3 Å². The molecular weight excluding hydrogens is 501 g/mol. The maximum absolute atomic E-state index is 13.2. The number of aryl methyl sites for hydroxylation is 1. The third-order valence-corrected chi connectivity index (χ3v) is 6.95. The molecule has 3 heterocycles. The minimum Gasteiger partial charge on any atom is -0.369 e. The molecular formula is C25H25Cl2N7O2. The van der Waals surface area contributed by atoms with Crippen LogP contribution in [-0.4, -0.2) is 57.2 Å². The number of rotatable bonds is 5. The first-order chi connectivity index (χ1) is 17.4. The third kappa shape index (κ3) is 4.45. The number of likely N-dealkylation sites (N-methyl/N-ethyl adjacent to an activating group) is 1. The molecule has 0 bridgehead atoms. The Bertz CT molecular complexity index is 1560. The number of piperazine rings is 1. The quantitative estimate of drug-likeness (QED) is 0.398. The predicted molar refractivity (Wildman–Crippen MR) is 144 cm³/mol. The van der Waals surface area contributed by atoms with Crippen molar-refractivity contribution in [1.82, 2.24) is 24.0 Å². The summed E-state index contributed by atoms with van der Waals surface area (Å²) in [6.45, 7) is 6.11. The molecule has 2 aromatic carbocycles. The second kappa shape index (κ2) is 9.93. The third-order valence-electron chi connectivity index (χ3n) is 6.39. The molecule has 186 valence electrons. The average molecular weight is 526 g/mol. The first kappa shape index (κ1) is 24.3. The molecule has 1 aliphatic rings. The summed E-state index contributed by atoms with van der Waals surface area (Å²) in [6, 6.07) is 12.5. The molecule has 0 atom stereocenters. The van der Waals surface area contributed by atoms with Crippen molar-refractivity contribution in [1.29, 1.82) is 0 Å². The zero-order chi connectivity index (χ0) is 25.4. The maximum atomic E-state index is 13.2. The predicted octanol–water partition coefficient (Wildman–Crippen LogP) is 3.60. The van der Waals surface area contributed by atoms with Crippen LogP contribution in [0.2, 0.25) is 5.02 Å². The van der Waals surface area contributed by atoms with Crippen LogP contribution < -0.4 is 21.5 Å². The van der Waals surface area contributed by atoms with E-state index < -0.39 is 11.2 Å². The Kier molecular flexibility index (Phi) is 6.70. The van der Waals surface area contributed by atoms with Crippen LogP contribution in [0.3, 0.4) is 0 Å². The minimum absolute atomic E-state index is 0.145. The lowest BCUT2D eigenvalue weighted by Crippen LogP contribution is -2.44. The van der Waals surface area contributed by atoms with Gasteiger partial charge in [0, 0.05) is 43.8 Å². The van der Waals surface area contributed by atoms with Crippen molar-refractivity contribution >= 4 is 51.6 Å². The summed E-state index contributed by atoms with van der Waals surface area (Å²) >= 11 is 12.4. The van der Waals surface area contributed by atoms with E-state index in [1.54, 1.807) is 24.3 Å². The van der Waals surface area contributed by atoms with Gasteiger partial charge in [-0.25, -0.2) is 14.3 Å². The second-order valence-corrected chi connectivity index (χ2v) is 9.42. The van der Waals surface area contributed by atoms with Crippen LogP contribution in [0.15, 0.2) is 58.3 Å². The van der Waals surface area contributed by atoms with Gasteiger partial charge in [0.1, 0.15) is 11.4 Å². The summed E-state index contributed by atoms with van der Waals surface area (Å²) in [5.74, 6) is 0.252. The molecule has 1 N–H and O–H groups in total. The SMILES string of the molecule is Cc1cc(Nc2ncc3c(=O)n(-c4ccccc4Cl)c(=O)n(CCl)c3n2)ccc1N1CCN(C)CC1. The zero-order valence-corrected chi connectivity index (χ0v) is 21.4. The van der Waals surface area contributed by atoms with Gasteiger partial charge in [-0.1, -0.05) is 23.7 Å². The summed E-state index contributed by atoms with van der Waals surface area (Å²) < 4.78 is 2.21. The van der Waals surface area contributed by atoms with Crippen molar-refractivity contribution in [2.45, 2.75) is 12.9 Å². The standard InChI is InChI=1S/C25H25Cl2N7O2/c1-16-13-17(7-8-20(16)32-11-9-31(2)10-12-32)29-24-28-14-18-22(30-24)33(15-26)25(36)34(23(18)35)21-6-4-3-5-19(21)27/h3-8,13-14H,9-12,15H2,1-2H3,(H,28,29,30). The monoisotopic (exact) mass is 525 g/mol. The first-order valence-electron chi connectivity index (χ1n) is 11.5. The number of hydrogen-bond donors (Lipinski definition) is 1. The molecule has 0 unspecified atom stereocenters. The second-order valence-electron chi connectivity index (χ2n) is 8.77. The van der Waals surface area contributed by atoms with Crippen molar-refractivity contribution in [2.24, 2.45) is 0 Å². The van der Waals surface area contributed by atoms with Crippen LogP contribution in [0.1, 0.15) is 5.56 Å². The Balaban J connectivity index is 1.50. The van der Waals surface area contributed by atoms with Crippen molar-refractivity contribution in [3.63, 3.8) is 0 Å². The van der Waals surface area contributed by atoms with Crippen molar-refractivity contribution in [3.8, 4) is 5.69 Å². The van der Waals surface area contributed by atoms with Gasteiger partial charge in [-0.15, -0.1) is 11.6 Å². The van der Waals surface area contributed by atoms with Crippen LogP contribution in [-0.2, 0) is 6.00 Å². The summed E-state index contributed by atoms with van der Waals surface area (Å²) in [7, 11) is 2.14. The van der Waals surface area contributed by atoms with Crippen LogP contribution >= 0.6 is 23.2 Å². The largest absolute Gasteiger partial charge is 0.369 e. The van der Waals surface area contributed by atoms with Gasteiger partial charge in [-0.3, -0.25) is 9.36 Å². The van der Waals surface area contributed by atoms with Gasteiger partial charge in [-0.2, -0.15) is 4.98 Å². The van der Waals surface area contributed by atoms with Gasteiger partial charge < -0.3 is 15.1 Å². The molecule has 5 rings (SSSR count). The number of fused-ring (bicyclic) bond motifs is 1. The molecule has 0 aliphatic carbocycles. The number of anilines is 3. The average Bonchev–Trinajstić information content (AvgIpc) is 2.86. The van der Waals surface area contributed by atoms with Gasteiger partial charge in [0.25, 0.3) is 5.56 Å². The maximum Gasteiger partial charge on any atom is 0.338 e. The van der Waals surface area contributed by atoms with E-state index in [0.717, 1.165) is 42.0 Å². The lowest BCUT2D eigenvalue weighted by Gasteiger charge is -2.35. The summed E-state index contributed by atoms with van der Waals surface area (Å²) in [6.07, 6.45) is 1.40. The number of aromatic nitrogens is 4. The highest BCUT2D eigenvalue weighted by Gasteiger charge is 2.19. The molecule has 1 saturated heterocycles. The molecule has 0 spiro atoms. The van der Waals surface area contributed by atoms with E-state index in [0.29, 0.717) is 0 Å². The Morgan fingerprint density at radius 1 is 1.03 bits per heavy atom. The molecule has 0 saturated carbocycles. The number of nitrogens with zero attached hydrogens (tertiary/aromatic N) is 6. The fraction of sp³-hybridized carbons (Fsp3) is 0.280. The summed E-state index contributed by atoms with van der Waals surface area (Å²) in [4.78, 5) is 39.9. The normalized spacial score (nSPS) is 14.4. The minimum atomic E-state index is -0.632. The Morgan fingerprint density at radius 3 is 2.47 bits per heavy atom. The lowest BCUT2D eigenvalue weighted by atomic mass is 10.1. The number of alkyl halides is 1. The van der Waals surface area contributed by atoms with E-state index >= 15 is 0 Å². The smallest absolute Gasteiger partial charge is 0.338 e. The van der Waals surface area contributed by atoms with Crippen LogP contribution in [0, 0.1) is 6.92 Å². The number of hydrogen-bond acceptors (Lipinski definition) is 7. The summed E-state index contributed by atoms with van der Waals surface area (Å²) in [5, 5.41) is 3.61. The highest BCUT2D eigenvalue weighted by Crippen LogP contribution is 2.26. The van der Waals surface area contributed by atoms with Crippen LogP contribution in [0.5, 0.6) is 0 Å². The topological polar surface area (TPSA) is 88.3 Å². The van der Waals surface area contributed by atoms with Gasteiger partial charge in [0.2, 0.25) is 5.95 Å². The Morgan fingerprint density at radius 2 is 1.78 bits per heavy atom. The molecule has 4 aromatic rings. The van der Waals surface area contributed by atoms with E-state index in [1.807, 2.05) is 12.1 Å². The molecule has 1 aliphatic heterocycles. The molecule has 2 aromatic heterocycles. The van der Waals surface area contributed by atoms with Gasteiger partial charge >= 0.3 is 5.69 Å². The zero-order valence-electron chi connectivity index (χ0n) is 19.9. The van der Waals surface area contributed by atoms with E-state index in [9.17, 15) is 9.59 Å². The summed E-state index contributed by atoms with van der Waals surface area (Å²) in [5.41, 5.74) is 2.35. The number of benzene rings is 2. The van der Waals surface area contributed by atoms with Crippen molar-refractivity contribution < 1.29 is 0 Å². The number of para-hydroxylation sites is 1. The van der Waals surface area contributed by atoms with E-state index in [-0.39, 0.29) is 33.7 Å².